The second kappa shape index (κ2) is 5.41. The van der Waals surface area contributed by atoms with Gasteiger partial charge in [0.2, 0.25) is 5.91 Å². The van der Waals surface area contributed by atoms with Crippen LogP contribution in [0.5, 0.6) is 0 Å². The van der Waals surface area contributed by atoms with Gasteiger partial charge in [0.25, 0.3) is 0 Å². The van der Waals surface area contributed by atoms with Gasteiger partial charge in [0.15, 0.2) is 0 Å². The van der Waals surface area contributed by atoms with E-state index in [1.165, 1.54) is 21.9 Å². The van der Waals surface area contributed by atoms with E-state index in [-0.39, 0.29) is 25.1 Å². The molecule has 1 aromatic heterocycles. The van der Waals surface area contributed by atoms with Crippen molar-refractivity contribution in [2.24, 2.45) is 0 Å². The van der Waals surface area contributed by atoms with Crippen molar-refractivity contribution in [2.75, 3.05) is 13.7 Å². The number of carbonyl (C=O) groups is 1. The number of carbonyl (C=O) groups excluding carboxylic acids is 1. The third-order valence-corrected chi connectivity index (χ3v) is 2.41. The zero-order chi connectivity index (χ0) is 12.1. The first-order chi connectivity index (χ1) is 7.56. The van der Waals surface area contributed by atoms with Crippen LogP contribution in [0.15, 0.2) is 23.3 Å². The van der Waals surface area contributed by atoms with Crippen molar-refractivity contribution in [3.63, 3.8) is 0 Å². The summed E-state index contributed by atoms with van der Waals surface area (Å²) in [5.41, 5.74) is -0.457. The van der Waals surface area contributed by atoms with Crippen molar-refractivity contribution < 1.29 is 9.90 Å². The molecular weight excluding hydrogens is 210 g/mol. The normalized spacial score (nSPS) is 12.2. The molecule has 16 heavy (non-hydrogen) atoms. The summed E-state index contributed by atoms with van der Waals surface area (Å²) >= 11 is 0. The van der Waals surface area contributed by atoms with Gasteiger partial charge in [0, 0.05) is 19.4 Å². The molecule has 0 aliphatic carbocycles. The van der Waals surface area contributed by atoms with Gasteiger partial charge < -0.3 is 10.0 Å². The molecule has 88 valence electrons. The highest BCUT2D eigenvalue weighted by Crippen LogP contribution is 1.96. The Morgan fingerprint density at radius 1 is 1.69 bits per heavy atom. The van der Waals surface area contributed by atoms with E-state index in [0.717, 1.165) is 0 Å². The van der Waals surface area contributed by atoms with E-state index in [1.54, 1.807) is 20.0 Å². The molecule has 6 heteroatoms. The van der Waals surface area contributed by atoms with E-state index >= 15 is 0 Å². The standard InChI is InChI=1S/C10H15N3O3/c1-8(7-14)12(2)9(15)6-13-5-3-4-11-10(13)16/h3-5,8,14H,6-7H2,1-2H3. The van der Waals surface area contributed by atoms with Gasteiger partial charge in [0.05, 0.1) is 12.6 Å². The molecule has 1 atom stereocenters. The summed E-state index contributed by atoms with van der Waals surface area (Å²) in [6.45, 7) is 1.56. The third kappa shape index (κ3) is 2.90. The molecule has 0 aliphatic rings. The first-order valence-corrected chi connectivity index (χ1v) is 4.94. The molecular formula is C10H15N3O3. The van der Waals surface area contributed by atoms with Crippen LogP contribution < -0.4 is 5.69 Å². The Balaban J connectivity index is 2.72. The van der Waals surface area contributed by atoms with Crippen LogP contribution in [0.3, 0.4) is 0 Å². The van der Waals surface area contributed by atoms with Gasteiger partial charge in [-0.15, -0.1) is 0 Å². The summed E-state index contributed by atoms with van der Waals surface area (Å²) in [6.07, 6.45) is 2.88. The van der Waals surface area contributed by atoms with Crippen LogP contribution in [0.4, 0.5) is 0 Å². The minimum absolute atomic E-state index is 0.0620. The second-order valence-corrected chi connectivity index (χ2v) is 3.57. The number of rotatable bonds is 4. The largest absolute Gasteiger partial charge is 0.394 e. The fourth-order valence-corrected chi connectivity index (χ4v) is 1.13. The Labute approximate surface area is 93.1 Å². The highest BCUT2D eigenvalue weighted by atomic mass is 16.3. The molecule has 0 bridgehead atoms. The lowest BCUT2D eigenvalue weighted by molar-refractivity contribution is -0.133. The van der Waals surface area contributed by atoms with Crippen molar-refractivity contribution in [1.29, 1.82) is 0 Å². The fraction of sp³-hybridized carbons (Fsp3) is 0.500. The van der Waals surface area contributed by atoms with Crippen LogP contribution in [0.25, 0.3) is 0 Å². The number of likely N-dealkylation sites (N-methyl/N-ethyl adjacent to an activating group) is 1. The Hall–Kier alpha value is -1.69. The van der Waals surface area contributed by atoms with Crippen LogP contribution in [-0.2, 0) is 11.3 Å². The van der Waals surface area contributed by atoms with Crippen LogP contribution >= 0.6 is 0 Å². The summed E-state index contributed by atoms with van der Waals surface area (Å²) in [4.78, 5) is 27.9. The fourth-order valence-electron chi connectivity index (χ4n) is 1.13. The highest BCUT2D eigenvalue weighted by molar-refractivity contribution is 5.75. The van der Waals surface area contributed by atoms with Crippen LogP contribution in [0.2, 0.25) is 0 Å². The molecule has 0 saturated heterocycles. The van der Waals surface area contributed by atoms with E-state index in [1.807, 2.05) is 0 Å². The predicted molar refractivity (Wildman–Crippen MR) is 57.8 cm³/mol. The van der Waals surface area contributed by atoms with Gasteiger partial charge in [-0.05, 0) is 13.0 Å². The molecule has 0 aromatic carbocycles. The molecule has 1 unspecified atom stereocenters. The van der Waals surface area contributed by atoms with E-state index in [0.29, 0.717) is 0 Å². The van der Waals surface area contributed by atoms with Gasteiger partial charge in [-0.25, -0.2) is 9.78 Å². The van der Waals surface area contributed by atoms with Gasteiger partial charge in [0.1, 0.15) is 6.54 Å². The molecule has 0 aliphatic heterocycles. The van der Waals surface area contributed by atoms with E-state index in [4.69, 9.17) is 5.11 Å². The average Bonchev–Trinajstić information content (AvgIpc) is 2.30. The quantitative estimate of drug-likeness (QED) is 0.719. The van der Waals surface area contributed by atoms with Gasteiger partial charge in [-0.3, -0.25) is 9.36 Å². The highest BCUT2D eigenvalue weighted by Gasteiger charge is 2.15. The summed E-state index contributed by atoms with van der Waals surface area (Å²) in [5.74, 6) is -0.239. The number of hydrogen-bond donors (Lipinski definition) is 1. The Morgan fingerprint density at radius 2 is 2.38 bits per heavy atom. The van der Waals surface area contributed by atoms with Crippen LogP contribution in [0.1, 0.15) is 6.92 Å². The zero-order valence-electron chi connectivity index (χ0n) is 9.33. The Kier molecular flexibility index (Phi) is 4.19. The molecule has 1 rings (SSSR count). The predicted octanol–water partition coefficient (Wildman–Crippen LogP) is -0.917. The molecule has 1 heterocycles. The Morgan fingerprint density at radius 3 is 2.94 bits per heavy atom. The number of nitrogens with zero attached hydrogens (tertiary/aromatic N) is 3. The molecule has 0 radical (unpaired) electrons. The minimum Gasteiger partial charge on any atom is -0.394 e. The summed E-state index contributed by atoms with van der Waals surface area (Å²) in [5, 5.41) is 8.90. The second-order valence-electron chi connectivity index (χ2n) is 3.57. The Bertz CT molecular complexity index is 416. The molecule has 0 fully saturated rings. The van der Waals surface area contributed by atoms with Gasteiger partial charge >= 0.3 is 5.69 Å². The topological polar surface area (TPSA) is 75.4 Å². The molecule has 1 amide bonds. The maximum atomic E-state index is 11.7. The molecule has 1 N–H and O–H groups in total. The lowest BCUT2D eigenvalue weighted by Gasteiger charge is -2.23. The van der Waals surface area contributed by atoms with E-state index < -0.39 is 5.69 Å². The number of amides is 1. The summed E-state index contributed by atoms with van der Waals surface area (Å²) in [6, 6.07) is 1.32. The zero-order valence-corrected chi connectivity index (χ0v) is 9.33. The lowest BCUT2D eigenvalue weighted by Crippen LogP contribution is -2.40. The van der Waals surface area contributed by atoms with Crippen molar-refractivity contribution in [1.82, 2.24) is 14.5 Å². The van der Waals surface area contributed by atoms with Crippen molar-refractivity contribution in [3.05, 3.63) is 28.9 Å². The maximum absolute atomic E-state index is 11.7. The van der Waals surface area contributed by atoms with Gasteiger partial charge in [-0.2, -0.15) is 0 Å². The first-order valence-electron chi connectivity index (χ1n) is 4.94. The van der Waals surface area contributed by atoms with Crippen molar-refractivity contribution in [2.45, 2.75) is 19.5 Å². The third-order valence-electron chi connectivity index (χ3n) is 2.41. The number of aliphatic hydroxyl groups excluding tert-OH is 1. The molecule has 1 aromatic rings. The van der Waals surface area contributed by atoms with Crippen molar-refractivity contribution >= 4 is 5.91 Å². The van der Waals surface area contributed by atoms with Crippen LogP contribution in [-0.4, -0.2) is 45.2 Å². The number of aromatic nitrogens is 2. The van der Waals surface area contributed by atoms with E-state index in [2.05, 4.69) is 4.98 Å². The number of aliphatic hydroxyl groups is 1. The lowest BCUT2D eigenvalue weighted by atomic mass is 10.3. The average molecular weight is 225 g/mol. The summed E-state index contributed by atoms with van der Waals surface area (Å²) < 4.78 is 1.23. The van der Waals surface area contributed by atoms with Crippen LogP contribution in [0, 0.1) is 0 Å². The SMILES string of the molecule is CC(CO)N(C)C(=O)Cn1cccnc1=O. The molecule has 0 spiro atoms. The molecule has 6 nitrogen and oxygen atoms in total. The smallest absolute Gasteiger partial charge is 0.347 e. The molecule has 0 saturated carbocycles. The van der Waals surface area contributed by atoms with Crippen molar-refractivity contribution in [3.8, 4) is 0 Å². The number of hydrogen-bond acceptors (Lipinski definition) is 4. The monoisotopic (exact) mass is 225 g/mol. The summed E-state index contributed by atoms with van der Waals surface area (Å²) in [7, 11) is 1.59. The van der Waals surface area contributed by atoms with E-state index in [9.17, 15) is 9.59 Å². The first kappa shape index (κ1) is 12.4. The van der Waals surface area contributed by atoms with Gasteiger partial charge in [-0.1, -0.05) is 0 Å². The minimum atomic E-state index is -0.457. The maximum Gasteiger partial charge on any atom is 0.347 e.